The summed E-state index contributed by atoms with van der Waals surface area (Å²) in [6, 6.07) is 0. The van der Waals surface area contributed by atoms with Gasteiger partial charge in [0.25, 0.3) is 0 Å². The summed E-state index contributed by atoms with van der Waals surface area (Å²) >= 11 is 0. The van der Waals surface area contributed by atoms with E-state index in [1.807, 2.05) is 16.5 Å². The van der Waals surface area contributed by atoms with Crippen molar-refractivity contribution in [3.63, 3.8) is 0 Å². The number of piperidine rings is 1. The molecule has 3 rings (SSSR count). The van der Waals surface area contributed by atoms with Crippen molar-refractivity contribution < 1.29 is 19.0 Å². The van der Waals surface area contributed by atoms with Gasteiger partial charge in [-0.25, -0.2) is 4.68 Å². The van der Waals surface area contributed by atoms with Crippen molar-refractivity contribution in [2.24, 2.45) is 0 Å². The van der Waals surface area contributed by atoms with Gasteiger partial charge in [-0.2, -0.15) is 0 Å². The van der Waals surface area contributed by atoms with Crippen molar-refractivity contribution >= 4 is 5.91 Å². The van der Waals surface area contributed by atoms with Crippen molar-refractivity contribution in [2.45, 2.75) is 45.1 Å². The molecule has 8 heteroatoms. The molecule has 0 aliphatic carbocycles. The van der Waals surface area contributed by atoms with Gasteiger partial charge in [0.1, 0.15) is 12.3 Å². The molecule has 0 atom stereocenters. The molecule has 128 valence electrons. The first-order valence-corrected chi connectivity index (χ1v) is 8.07. The molecule has 1 spiro atoms. The maximum absolute atomic E-state index is 12.0. The number of carbonyl (C=O) groups excluding carboxylic acids is 1. The molecule has 1 saturated heterocycles. The van der Waals surface area contributed by atoms with E-state index in [1.165, 1.54) is 0 Å². The number of fused-ring (bicyclic) bond motifs is 1. The fraction of sp³-hybridized carbons (Fsp3) is 0.800. The maximum Gasteiger partial charge on any atom is 0.248 e. The van der Waals surface area contributed by atoms with E-state index < -0.39 is 0 Å². The molecule has 0 unspecified atom stereocenters. The highest BCUT2D eigenvalue weighted by atomic mass is 16.5. The molecular formula is C15H24N4O4. The Labute approximate surface area is 135 Å². The number of hydrogen-bond donors (Lipinski definition) is 0. The van der Waals surface area contributed by atoms with E-state index in [0.29, 0.717) is 39.5 Å². The van der Waals surface area contributed by atoms with E-state index in [2.05, 4.69) is 10.3 Å². The molecule has 0 bridgehead atoms. The predicted octanol–water partition coefficient (Wildman–Crippen LogP) is 0.352. The number of nitrogens with zero attached hydrogens (tertiary/aromatic N) is 4. The highest BCUT2D eigenvalue weighted by molar-refractivity contribution is 5.77. The Kier molecular flexibility index (Phi) is 4.93. The van der Waals surface area contributed by atoms with Crippen LogP contribution in [0.25, 0.3) is 0 Å². The van der Waals surface area contributed by atoms with Crippen LogP contribution in [0.5, 0.6) is 0 Å². The van der Waals surface area contributed by atoms with Crippen LogP contribution in [0.4, 0.5) is 0 Å². The standard InChI is InChI=1S/C15H24N4O4/c1-3-22-10-14(20)18-6-4-15(5-7-18)11-19-13(9-23-15)12(8-21-2)16-17-19/h3-11H2,1-2H3. The van der Waals surface area contributed by atoms with E-state index in [-0.39, 0.29) is 18.1 Å². The SMILES string of the molecule is CCOCC(=O)N1CCC2(CC1)Cn1nnc(COC)c1CO2. The van der Waals surface area contributed by atoms with Gasteiger partial charge in [0.05, 0.1) is 31.1 Å². The second-order valence-corrected chi connectivity index (χ2v) is 6.06. The number of carbonyl (C=O) groups is 1. The van der Waals surface area contributed by atoms with E-state index in [4.69, 9.17) is 14.2 Å². The van der Waals surface area contributed by atoms with Crippen molar-refractivity contribution in [2.75, 3.05) is 33.4 Å². The number of ether oxygens (including phenoxy) is 3. The fourth-order valence-corrected chi connectivity index (χ4v) is 3.19. The third kappa shape index (κ3) is 3.39. The zero-order valence-electron chi connectivity index (χ0n) is 13.8. The minimum Gasteiger partial charge on any atom is -0.378 e. The van der Waals surface area contributed by atoms with Crippen LogP contribution in [0.1, 0.15) is 31.2 Å². The van der Waals surface area contributed by atoms with E-state index in [9.17, 15) is 4.79 Å². The van der Waals surface area contributed by atoms with Gasteiger partial charge in [0, 0.05) is 26.8 Å². The van der Waals surface area contributed by atoms with Gasteiger partial charge < -0.3 is 19.1 Å². The largest absolute Gasteiger partial charge is 0.378 e. The molecule has 0 N–H and O–H groups in total. The Morgan fingerprint density at radius 3 is 2.87 bits per heavy atom. The number of amides is 1. The van der Waals surface area contributed by atoms with Gasteiger partial charge in [0.2, 0.25) is 5.91 Å². The monoisotopic (exact) mass is 324 g/mol. The Hall–Kier alpha value is -1.51. The van der Waals surface area contributed by atoms with Crippen LogP contribution in [0.2, 0.25) is 0 Å². The Bertz CT molecular complexity index is 552. The summed E-state index contributed by atoms with van der Waals surface area (Å²) in [6.45, 7) is 5.64. The van der Waals surface area contributed by atoms with Crippen LogP contribution in [0.15, 0.2) is 0 Å². The zero-order chi connectivity index (χ0) is 16.3. The molecule has 23 heavy (non-hydrogen) atoms. The van der Waals surface area contributed by atoms with Gasteiger partial charge in [-0.05, 0) is 19.8 Å². The van der Waals surface area contributed by atoms with E-state index in [1.54, 1.807) is 7.11 Å². The summed E-state index contributed by atoms with van der Waals surface area (Å²) in [5.74, 6) is 0.0568. The molecule has 1 fully saturated rings. The summed E-state index contributed by atoms with van der Waals surface area (Å²) in [5.41, 5.74) is 1.59. The van der Waals surface area contributed by atoms with Crippen LogP contribution < -0.4 is 0 Å². The lowest BCUT2D eigenvalue weighted by atomic mass is 9.90. The average molecular weight is 324 g/mol. The van der Waals surface area contributed by atoms with Gasteiger partial charge in [-0.1, -0.05) is 5.21 Å². The Balaban J connectivity index is 1.59. The molecule has 0 radical (unpaired) electrons. The van der Waals surface area contributed by atoms with Gasteiger partial charge in [-0.3, -0.25) is 4.79 Å². The van der Waals surface area contributed by atoms with E-state index in [0.717, 1.165) is 24.2 Å². The zero-order valence-corrected chi connectivity index (χ0v) is 13.8. The molecule has 2 aliphatic rings. The van der Waals surface area contributed by atoms with Crippen LogP contribution in [-0.4, -0.2) is 64.8 Å². The van der Waals surface area contributed by atoms with Crippen LogP contribution in [-0.2, 0) is 38.8 Å². The van der Waals surface area contributed by atoms with Crippen molar-refractivity contribution in [1.82, 2.24) is 19.9 Å². The van der Waals surface area contributed by atoms with Crippen LogP contribution >= 0.6 is 0 Å². The predicted molar refractivity (Wildman–Crippen MR) is 80.6 cm³/mol. The minimum absolute atomic E-state index is 0.0568. The molecule has 1 amide bonds. The average Bonchev–Trinajstić information content (AvgIpc) is 2.95. The molecule has 1 aromatic rings. The topological polar surface area (TPSA) is 78.7 Å². The maximum atomic E-state index is 12.0. The van der Waals surface area contributed by atoms with Crippen molar-refractivity contribution in [1.29, 1.82) is 0 Å². The number of aromatic nitrogens is 3. The lowest BCUT2D eigenvalue weighted by molar-refractivity contribution is -0.149. The van der Waals surface area contributed by atoms with Gasteiger partial charge in [-0.15, -0.1) is 5.10 Å². The second-order valence-electron chi connectivity index (χ2n) is 6.06. The molecule has 3 heterocycles. The van der Waals surface area contributed by atoms with Crippen LogP contribution in [0.3, 0.4) is 0 Å². The number of likely N-dealkylation sites (tertiary alicyclic amines) is 1. The first-order valence-electron chi connectivity index (χ1n) is 8.07. The molecule has 8 nitrogen and oxygen atoms in total. The fourth-order valence-electron chi connectivity index (χ4n) is 3.19. The molecule has 1 aromatic heterocycles. The lowest BCUT2D eigenvalue weighted by Crippen LogP contribution is -2.52. The third-order valence-electron chi connectivity index (χ3n) is 4.61. The van der Waals surface area contributed by atoms with E-state index >= 15 is 0 Å². The summed E-state index contributed by atoms with van der Waals surface area (Å²) in [4.78, 5) is 13.9. The van der Waals surface area contributed by atoms with Crippen molar-refractivity contribution in [3.05, 3.63) is 11.4 Å². The van der Waals surface area contributed by atoms with Crippen LogP contribution in [0, 0.1) is 0 Å². The third-order valence-corrected chi connectivity index (χ3v) is 4.61. The first-order chi connectivity index (χ1) is 11.2. The first kappa shape index (κ1) is 16.4. The summed E-state index contributed by atoms with van der Waals surface area (Å²) in [7, 11) is 1.64. The summed E-state index contributed by atoms with van der Waals surface area (Å²) in [6.07, 6.45) is 1.62. The molecule has 0 saturated carbocycles. The summed E-state index contributed by atoms with van der Waals surface area (Å²) in [5, 5.41) is 8.40. The molecule has 0 aromatic carbocycles. The van der Waals surface area contributed by atoms with Crippen molar-refractivity contribution in [3.8, 4) is 0 Å². The van der Waals surface area contributed by atoms with Gasteiger partial charge >= 0.3 is 0 Å². The number of rotatable bonds is 5. The Morgan fingerprint density at radius 2 is 2.17 bits per heavy atom. The lowest BCUT2D eigenvalue weighted by Gasteiger charge is -2.43. The second kappa shape index (κ2) is 6.94. The smallest absolute Gasteiger partial charge is 0.248 e. The normalized spacial score (nSPS) is 19.8. The molecule has 2 aliphatic heterocycles. The highest BCUT2D eigenvalue weighted by Crippen LogP contribution is 2.33. The highest BCUT2D eigenvalue weighted by Gasteiger charge is 2.41. The molecular weight excluding hydrogens is 300 g/mol. The van der Waals surface area contributed by atoms with Gasteiger partial charge in [0.15, 0.2) is 0 Å². The number of hydrogen-bond acceptors (Lipinski definition) is 6. The Morgan fingerprint density at radius 1 is 1.39 bits per heavy atom. The quantitative estimate of drug-likeness (QED) is 0.778. The summed E-state index contributed by atoms with van der Waals surface area (Å²) < 4.78 is 18.4. The number of methoxy groups -OCH3 is 1. The minimum atomic E-state index is -0.243.